The van der Waals surface area contributed by atoms with Crippen LogP contribution >= 0.6 is 11.8 Å². The Kier molecular flexibility index (Phi) is 6.38. The number of hydrogen-bond donors (Lipinski definition) is 1. The zero-order valence-corrected chi connectivity index (χ0v) is 17.9. The quantitative estimate of drug-likeness (QED) is 0.592. The van der Waals surface area contributed by atoms with Crippen molar-refractivity contribution in [3.8, 4) is 0 Å². The lowest BCUT2D eigenvalue weighted by atomic mass is 9.87. The van der Waals surface area contributed by atoms with E-state index >= 15 is 0 Å². The summed E-state index contributed by atoms with van der Waals surface area (Å²) >= 11 is 1.31. The van der Waals surface area contributed by atoms with Crippen molar-refractivity contribution in [2.45, 2.75) is 43.4 Å². The molecule has 0 bridgehead atoms. The molecule has 0 fully saturated rings. The first kappa shape index (κ1) is 20.5. The molecule has 1 N–H and O–H groups in total. The highest BCUT2D eigenvalue weighted by atomic mass is 32.2. The predicted molar refractivity (Wildman–Crippen MR) is 119 cm³/mol. The summed E-state index contributed by atoms with van der Waals surface area (Å²) in [6.45, 7) is 0.529. The highest BCUT2D eigenvalue weighted by molar-refractivity contribution is 7.99. The molecule has 2 aromatic carbocycles. The fourth-order valence-corrected chi connectivity index (χ4v) is 4.93. The van der Waals surface area contributed by atoms with Crippen molar-refractivity contribution in [3.05, 3.63) is 81.8 Å². The predicted octanol–water partition coefficient (Wildman–Crippen LogP) is 3.44. The van der Waals surface area contributed by atoms with Crippen LogP contribution in [0.15, 0.2) is 64.5 Å². The molecule has 30 heavy (non-hydrogen) atoms. The van der Waals surface area contributed by atoms with Crippen molar-refractivity contribution < 1.29 is 4.79 Å². The topological polar surface area (TPSA) is 71.0 Å². The van der Waals surface area contributed by atoms with E-state index in [1.54, 1.807) is 4.57 Å². The SMILES string of the molecule is CN(C(=O)CSc1n[nH]c(=O)n1CCc1ccccc1)[C@H]1CCCc2ccccc21. The van der Waals surface area contributed by atoms with Crippen LogP contribution in [0.25, 0.3) is 0 Å². The van der Waals surface area contributed by atoms with Gasteiger partial charge in [0, 0.05) is 13.6 Å². The number of aromatic nitrogens is 3. The van der Waals surface area contributed by atoms with Gasteiger partial charge in [0.25, 0.3) is 0 Å². The molecule has 1 aliphatic rings. The third-order valence-electron chi connectivity index (χ3n) is 5.71. The van der Waals surface area contributed by atoms with Crippen molar-refractivity contribution in [3.63, 3.8) is 0 Å². The van der Waals surface area contributed by atoms with Gasteiger partial charge in [-0.3, -0.25) is 9.36 Å². The highest BCUT2D eigenvalue weighted by Gasteiger charge is 2.26. The van der Waals surface area contributed by atoms with E-state index in [1.807, 2.05) is 48.3 Å². The van der Waals surface area contributed by atoms with E-state index in [4.69, 9.17) is 0 Å². The van der Waals surface area contributed by atoms with E-state index in [1.165, 1.54) is 22.9 Å². The van der Waals surface area contributed by atoms with E-state index < -0.39 is 0 Å². The van der Waals surface area contributed by atoms with Gasteiger partial charge < -0.3 is 4.90 Å². The molecule has 4 rings (SSSR count). The lowest BCUT2D eigenvalue weighted by molar-refractivity contribution is -0.129. The van der Waals surface area contributed by atoms with Crippen LogP contribution in [0.1, 0.15) is 35.6 Å². The number of aryl methyl sites for hydroxylation is 2. The summed E-state index contributed by atoms with van der Waals surface area (Å²) in [5, 5.41) is 7.20. The standard InChI is InChI=1S/C23H26N4O2S/c1-26(20-13-7-11-18-10-5-6-12-19(18)20)21(28)16-30-23-25-24-22(29)27(23)15-14-17-8-3-2-4-9-17/h2-6,8-10,12,20H,7,11,13-16H2,1H3,(H,24,29)/t20-/m0/s1. The van der Waals surface area contributed by atoms with Gasteiger partial charge in [-0.15, -0.1) is 5.10 Å². The molecule has 1 amide bonds. The maximum absolute atomic E-state index is 12.9. The Morgan fingerprint density at radius 1 is 1.20 bits per heavy atom. The zero-order chi connectivity index (χ0) is 20.9. The Morgan fingerprint density at radius 2 is 1.97 bits per heavy atom. The lowest BCUT2D eigenvalue weighted by Crippen LogP contribution is -2.34. The number of carbonyl (C=O) groups excluding carboxylic acids is 1. The molecule has 7 heteroatoms. The molecule has 0 unspecified atom stereocenters. The largest absolute Gasteiger partial charge is 0.343 e. The average Bonchev–Trinajstić information content (AvgIpc) is 3.15. The summed E-state index contributed by atoms with van der Waals surface area (Å²) in [4.78, 5) is 26.9. The van der Waals surface area contributed by atoms with Crippen LogP contribution < -0.4 is 5.69 Å². The van der Waals surface area contributed by atoms with E-state index in [9.17, 15) is 9.59 Å². The normalized spacial score (nSPS) is 15.6. The van der Waals surface area contributed by atoms with Crippen LogP contribution in [0.3, 0.4) is 0 Å². The van der Waals surface area contributed by atoms with Gasteiger partial charge in [-0.05, 0) is 42.4 Å². The van der Waals surface area contributed by atoms with Crippen molar-refractivity contribution in [2.75, 3.05) is 12.8 Å². The maximum atomic E-state index is 12.9. The third-order valence-corrected chi connectivity index (χ3v) is 6.67. The molecule has 0 aliphatic heterocycles. The van der Waals surface area contributed by atoms with E-state index in [0.717, 1.165) is 31.2 Å². The molecule has 0 saturated heterocycles. The second-order valence-corrected chi connectivity index (χ2v) is 8.54. The molecule has 0 spiro atoms. The summed E-state index contributed by atoms with van der Waals surface area (Å²) in [6, 6.07) is 18.5. The second-order valence-electron chi connectivity index (χ2n) is 7.60. The van der Waals surface area contributed by atoms with Crippen LogP contribution in [0.5, 0.6) is 0 Å². The van der Waals surface area contributed by atoms with Crippen LogP contribution in [-0.2, 0) is 24.2 Å². The van der Waals surface area contributed by atoms with Gasteiger partial charge in [-0.2, -0.15) is 0 Å². The van der Waals surface area contributed by atoms with Gasteiger partial charge in [-0.1, -0.05) is 66.4 Å². The molecular weight excluding hydrogens is 396 g/mol. The molecule has 1 atom stereocenters. The van der Waals surface area contributed by atoms with Gasteiger partial charge in [-0.25, -0.2) is 9.89 Å². The molecular formula is C23H26N4O2S. The highest BCUT2D eigenvalue weighted by Crippen LogP contribution is 2.33. The molecule has 0 saturated carbocycles. The molecule has 0 radical (unpaired) electrons. The van der Waals surface area contributed by atoms with Crippen molar-refractivity contribution >= 4 is 17.7 Å². The zero-order valence-electron chi connectivity index (χ0n) is 17.1. The number of hydrogen-bond acceptors (Lipinski definition) is 4. The van der Waals surface area contributed by atoms with Gasteiger partial charge in [0.05, 0.1) is 11.8 Å². The summed E-state index contributed by atoms with van der Waals surface area (Å²) in [5.74, 6) is 0.303. The van der Waals surface area contributed by atoms with Crippen LogP contribution in [0, 0.1) is 0 Å². The number of thioether (sulfide) groups is 1. The second kappa shape index (κ2) is 9.34. The number of aromatic amines is 1. The number of fused-ring (bicyclic) bond motifs is 1. The number of benzene rings is 2. The molecule has 1 aromatic heterocycles. The van der Waals surface area contributed by atoms with Crippen LogP contribution in [0.2, 0.25) is 0 Å². The lowest BCUT2D eigenvalue weighted by Gasteiger charge is -2.33. The molecule has 1 heterocycles. The van der Waals surface area contributed by atoms with E-state index in [-0.39, 0.29) is 23.4 Å². The minimum atomic E-state index is -0.240. The first-order chi connectivity index (χ1) is 14.6. The molecule has 6 nitrogen and oxygen atoms in total. The Hall–Kier alpha value is -2.80. The fourth-order valence-electron chi connectivity index (χ4n) is 4.03. The summed E-state index contributed by atoms with van der Waals surface area (Å²) in [5.41, 5.74) is 3.51. The summed E-state index contributed by atoms with van der Waals surface area (Å²) in [6.07, 6.45) is 3.88. The van der Waals surface area contributed by atoms with Crippen molar-refractivity contribution in [1.29, 1.82) is 0 Å². The van der Waals surface area contributed by atoms with Gasteiger partial charge in [0.1, 0.15) is 0 Å². The Balaban J connectivity index is 1.39. The monoisotopic (exact) mass is 422 g/mol. The summed E-state index contributed by atoms with van der Waals surface area (Å²) < 4.78 is 1.61. The smallest absolute Gasteiger partial charge is 0.338 e. The Labute approximate surface area is 180 Å². The first-order valence-corrected chi connectivity index (χ1v) is 11.3. The number of amides is 1. The molecule has 3 aromatic rings. The third kappa shape index (κ3) is 4.51. The number of H-pyrrole nitrogens is 1. The van der Waals surface area contributed by atoms with Gasteiger partial charge in [0.2, 0.25) is 5.91 Å². The number of carbonyl (C=O) groups is 1. The van der Waals surface area contributed by atoms with E-state index in [0.29, 0.717) is 11.7 Å². The minimum absolute atomic E-state index is 0.0479. The van der Waals surface area contributed by atoms with Gasteiger partial charge >= 0.3 is 5.69 Å². The van der Waals surface area contributed by atoms with Crippen LogP contribution in [0.4, 0.5) is 0 Å². The van der Waals surface area contributed by atoms with Gasteiger partial charge in [0.15, 0.2) is 5.16 Å². The maximum Gasteiger partial charge on any atom is 0.343 e. The number of nitrogens with zero attached hydrogens (tertiary/aromatic N) is 3. The molecule has 1 aliphatic carbocycles. The molecule has 156 valence electrons. The Bertz CT molecular complexity index is 1060. The van der Waals surface area contributed by atoms with Crippen LogP contribution in [-0.4, -0.2) is 38.4 Å². The summed E-state index contributed by atoms with van der Waals surface area (Å²) in [7, 11) is 1.88. The Morgan fingerprint density at radius 3 is 2.80 bits per heavy atom. The van der Waals surface area contributed by atoms with Crippen molar-refractivity contribution in [1.82, 2.24) is 19.7 Å². The fraction of sp³-hybridized carbons (Fsp3) is 0.348. The minimum Gasteiger partial charge on any atom is -0.338 e. The first-order valence-electron chi connectivity index (χ1n) is 10.3. The average molecular weight is 423 g/mol. The van der Waals surface area contributed by atoms with Crippen molar-refractivity contribution in [2.24, 2.45) is 0 Å². The number of nitrogens with one attached hydrogen (secondary N) is 1. The van der Waals surface area contributed by atoms with E-state index in [2.05, 4.69) is 28.4 Å². The number of rotatable bonds is 7.